The Morgan fingerprint density at radius 3 is 2.21 bits per heavy atom. The molecule has 1 aromatic carbocycles. The molecule has 0 saturated carbocycles. The van der Waals surface area contributed by atoms with E-state index in [0.29, 0.717) is 5.75 Å². The van der Waals surface area contributed by atoms with Gasteiger partial charge in [-0.25, -0.2) is 4.39 Å². The van der Waals surface area contributed by atoms with Crippen LogP contribution in [0.1, 0.15) is 0 Å². The molecule has 0 aliphatic carbocycles. The number of esters is 1. The van der Waals surface area contributed by atoms with E-state index in [1.54, 1.807) is 0 Å². The zero-order chi connectivity index (χ0) is 8.97. The van der Waals surface area contributed by atoms with Crippen molar-refractivity contribution in [2.45, 2.75) is 0 Å². The summed E-state index contributed by atoms with van der Waals surface area (Å²) in [5.41, 5.74) is 5.00. The van der Waals surface area contributed by atoms with Crippen LogP contribution in [0, 0.1) is 5.82 Å². The van der Waals surface area contributed by atoms with Crippen LogP contribution in [0.4, 0.5) is 4.39 Å². The summed E-state index contributed by atoms with van der Waals surface area (Å²) in [6, 6.07) is 5.14. The zero-order valence-corrected chi connectivity index (χ0v) is 6.29. The molecule has 6 heteroatoms. The molecule has 0 bridgehead atoms. The summed E-state index contributed by atoms with van der Waals surface area (Å²) in [7, 11) is 0. The van der Waals surface area contributed by atoms with Crippen LogP contribution in [0.2, 0.25) is 0 Å². The van der Waals surface area contributed by atoms with E-state index in [1.807, 2.05) is 0 Å². The fraction of sp³-hybridized carbons (Fsp3) is 0.125. The van der Waals surface area contributed by atoms with E-state index >= 15 is 0 Å². The van der Waals surface area contributed by atoms with Gasteiger partial charge in [0.2, 0.25) is 0 Å². The number of carbonyl (C=O) groups is 1. The molecule has 0 aromatic heterocycles. The van der Waals surface area contributed by atoms with Crippen molar-refractivity contribution in [3.05, 3.63) is 30.1 Å². The van der Waals surface area contributed by atoms with Gasteiger partial charge in [0.1, 0.15) is 11.6 Å². The number of ether oxygens (including phenoxy) is 1. The Kier molecular flexibility index (Phi) is 13.1. The average Bonchev–Trinajstić information content (AvgIpc) is 2.09. The molecule has 0 radical (unpaired) electrons. The van der Waals surface area contributed by atoms with Crippen LogP contribution in [0.15, 0.2) is 24.3 Å². The standard InChI is InChI=1S/C8H8FNO2.2K.2H/c9-6-1-3-7(4-2-6)12-8(11)5-10;;;;/h1-4H,5,10H2;;;;. The van der Waals surface area contributed by atoms with Crippen LogP contribution in [0.25, 0.3) is 0 Å². The van der Waals surface area contributed by atoms with Crippen molar-refractivity contribution in [2.75, 3.05) is 6.54 Å². The van der Waals surface area contributed by atoms with Crippen molar-refractivity contribution in [1.29, 1.82) is 0 Å². The first-order valence-electron chi connectivity index (χ1n) is 3.38. The Labute approximate surface area is 167 Å². The van der Waals surface area contributed by atoms with Gasteiger partial charge in [0, 0.05) is 0 Å². The van der Waals surface area contributed by atoms with Gasteiger partial charge in [0.05, 0.1) is 6.54 Å². The van der Waals surface area contributed by atoms with Crippen LogP contribution in [0.3, 0.4) is 0 Å². The molecule has 0 unspecified atom stereocenters. The van der Waals surface area contributed by atoms with Crippen LogP contribution in [0.5, 0.6) is 5.75 Å². The second-order valence-corrected chi connectivity index (χ2v) is 2.13. The summed E-state index contributed by atoms with van der Waals surface area (Å²) in [6.07, 6.45) is 0. The van der Waals surface area contributed by atoms with Gasteiger partial charge >= 0.3 is 109 Å². The maximum atomic E-state index is 12.3. The van der Waals surface area contributed by atoms with Crippen molar-refractivity contribution in [3.8, 4) is 5.75 Å². The molecule has 0 aliphatic rings. The quantitative estimate of drug-likeness (QED) is 0.432. The number of halogens is 1. The van der Waals surface area contributed by atoms with Gasteiger partial charge in [0.25, 0.3) is 0 Å². The second kappa shape index (κ2) is 10.0. The van der Waals surface area contributed by atoms with Gasteiger partial charge in [-0.3, -0.25) is 4.79 Å². The minimum absolute atomic E-state index is 0. The third kappa shape index (κ3) is 7.18. The van der Waals surface area contributed by atoms with Crippen LogP contribution >= 0.6 is 0 Å². The molecular formula is C8H10FK2NO2. The van der Waals surface area contributed by atoms with Crippen molar-refractivity contribution < 1.29 is 13.9 Å². The first kappa shape index (κ1) is 18.2. The average molecular weight is 249 g/mol. The molecule has 1 rings (SSSR count). The van der Waals surface area contributed by atoms with Crippen molar-refractivity contribution >= 4 is 109 Å². The molecule has 2 N–H and O–H groups in total. The van der Waals surface area contributed by atoms with Crippen LogP contribution in [-0.2, 0) is 4.79 Å². The Morgan fingerprint density at radius 1 is 1.29 bits per heavy atom. The fourth-order valence-electron chi connectivity index (χ4n) is 0.676. The normalized spacial score (nSPS) is 8.14. The predicted octanol–water partition coefficient (Wildman–Crippen LogP) is -0.607. The zero-order valence-electron chi connectivity index (χ0n) is 6.29. The van der Waals surface area contributed by atoms with Crippen molar-refractivity contribution in [2.24, 2.45) is 5.73 Å². The van der Waals surface area contributed by atoms with Gasteiger partial charge in [-0.2, -0.15) is 0 Å². The van der Waals surface area contributed by atoms with Gasteiger partial charge in [-0.15, -0.1) is 0 Å². The number of rotatable bonds is 2. The van der Waals surface area contributed by atoms with Crippen LogP contribution < -0.4 is 10.5 Å². The molecule has 14 heavy (non-hydrogen) atoms. The third-order valence-corrected chi connectivity index (χ3v) is 1.21. The first-order valence-corrected chi connectivity index (χ1v) is 3.38. The predicted molar refractivity (Wildman–Crippen MR) is 55.4 cm³/mol. The van der Waals surface area contributed by atoms with Crippen LogP contribution in [-0.4, -0.2) is 115 Å². The van der Waals surface area contributed by atoms with E-state index in [2.05, 4.69) is 4.74 Å². The molecule has 3 nitrogen and oxygen atoms in total. The van der Waals surface area contributed by atoms with Gasteiger partial charge in [-0.05, 0) is 24.3 Å². The van der Waals surface area contributed by atoms with E-state index in [0.717, 1.165) is 0 Å². The molecule has 0 amide bonds. The molecular weight excluding hydrogens is 239 g/mol. The van der Waals surface area contributed by atoms with E-state index in [-0.39, 0.29) is 115 Å². The molecule has 0 spiro atoms. The Bertz CT molecular complexity index is 279. The number of carbonyl (C=O) groups excluding carboxylic acids is 1. The second-order valence-electron chi connectivity index (χ2n) is 2.13. The summed E-state index contributed by atoms with van der Waals surface area (Å²) >= 11 is 0. The number of nitrogens with two attached hydrogens (primary N) is 1. The van der Waals surface area contributed by atoms with Gasteiger partial charge < -0.3 is 10.5 Å². The van der Waals surface area contributed by atoms with Crippen molar-refractivity contribution in [1.82, 2.24) is 0 Å². The molecule has 0 heterocycles. The third-order valence-electron chi connectivity index (χ3n) is 1.21. The Balaban J connectivity index is 0. The molecule has 68 valence electrons. The number of hydrogen-bond donors (Lipinski definition) is 1. The Morgan fingerprint density at radius 2 is 1.79 bits per heavy atom. The summed E-state index contributed by atoms with van der Waals surface area (Å²) in [6.45, 7) is -0.183. The summed E-state index contributed by atoms with van der Waals surface area (Å²) in [5, 5.41) is 0. The Hall–Kier alpha value is 1.85. The first-order chi connectivity index (χ1) is 5.72. The van der Waals surface area contributed by atoms with Gasteiger partial charge in [-0.1, -0.05) is 0 Å². The summed E-state index contributed by atoms with van der Waals surface area (Å²) < 4.78 is 17.0. The summed E-state index contributed by atoms with van der Waals surface area (Å²) in [4.78, 5) is 10.6. The number of hydrogen-bond acceptors (Lipinski definition) is 3. The molecule has 0 atom stereocenters. The SMILES string of the molecule is NCC(=O)Oc1ccc(F)cc1.[KH].[KH]. The molecule has 0 saturated heterocycles. The number of benzene rings is 1. The van der Waals surface area contributed by atoms with E-state index in [4.69, 9.17) is 5.73 Å². The van der Waals surface area contributed by atoms with E-state index < -0.39 is 5.97 Å². The topological polar surface area (TPSA) is 52.3 Å². The molecule has 0 fully saturated rings. The maximum absolute atomic E-state index is 12.3. The van der Waals surface area contributed by atoms with E-state index in [9.17, 15) is 9.18 Å². The monoisotopic (exact) mass is 249 g/mol. The minimum atomic E-state index is -0.540. The van der Waals surface area contributed by atoms with E-state index in [1.165, 1.54) is 24.3 Å². The summed E-state index contributed by atoms with van der Waals surface area (Å²) in [5.74, 6) is -0.615. The molecule has 1 aromatic rings. The molecule has 0 aliphatic heterocycles. The van der Waals surface area contributed by atoms with Gasteiger partial charge in [0.15, 0.2) is 0 Å². The van der Waals surface area contributed by atoms with Crippen molar-refractivity contribution in [3.63, 3.8) is 0 Å². The fourth-order valence-corrected chi connectivity index (χ4v) is 0.676.